The summed E-state index contributed by atoms with van der Waals surface area (Å²) in [5, 5.41) is 45.3. The van der Waals surface area contributed by atoms with Gasteiger partial charge in [0.25, 0.3) is 11.0 Å². The average Bonchev–Trinajstić information content (AvgIpc) is 3.44. The summed E-state index contributed by atoms with van der Waals surface area (Å²) in [6, 6.07) is 19.9. The maximum Gasteiger partial charge on any atom is 0.369 e. The molecule has 0 aliphatic carbocycles. The number of para-hydroxylation sites is 2. The highest BCUT2D eigenvalue weighted by atomic mass is 79.9. The Morgan fingerprint density at radius 2 is 1.70 bits per heavy atom. The van der Waals surface area contributed by atoms with Crippen molar-refractivity contribution in [1.82, 2.24) is 19.5 Å². The van der Waals surface area contributed by atoms with Crippen LogP contribution in [0.25, 0.3) is 33.5 Å². The lowest BCUT2D eigenvalue weighted by Gasteiger charge is -2.11. The molecule has 0 aliphatic rings. The molecular formula is C29H22BrN11O3. The predicted octanol–water partition coefficient (Wildman–Crippen LogP) is 4.34. The summed E-state index contributed by atoms with van der Waals surface area (Å²) in [6.45, 7) is 0.816. The number of hydrogen-bond acceptors (Lipinski definition) is 11. The number of nitrogens with zero attached hydrogens (tertiary/aromatic N) is 9. The zero-order valence-electron chi connectivity index (χ0n) is 22.8. The van der Waals surface area contributed by atoms with E-state index in [-0.39, 0.29) is 52.1 Å². The Balaban J connectivity index is 1.27. The molecule has 0 unspecified atom stereocenters. The fourth-order valence-corrected chi connectivity index (χ4v) is 5.04. The molecule has 3 aromatic heterocycles. The minimum atomic E-state index is -0.384. The largest absolute Gasteiger partial charge is 0.617 e. The molecule has 0 saturated carbocycles. The van der Waals surface area contributed by atoms with Gasteiger partial charge in [0.05, 0.1) is 23.3 Å². The van der Waals surface area contributed by atoms with E-state index in [0.29, 0.717) is 38.5 Å². The van der Waals surface area contributed by atoms with E-state index in [4.69, 9.17) is 16.2 Å². The van der Waals surface area contributed by atoms with E-state index in [2.05, 4.69) is 41.1 Å². The minimum absolute atomic E-state index is 0.0676. The van der Waals surface area contributed by atoms with Crippen LogP contribution in [0.5, 0.6) is 5.88 Å². The summed E-state index contributed by atoms with van der Waals surface area (Å²) in [5.41, 5.74) is 14.8. The molecule has 0 spiro atoms. The number of anilines is 2. The van der Waals surface area contributed by atoms with E-state index in [1.165, 1.54) is 24.3 Å². The van der Waals surface area contributed by atoms with Gasteiger partial charge in [-0.1, -0.05) is 40.2 Å². The molecule has 3 aromatic carbocycles. The fraction of sp³-hybridized carbons (Fsp3) is 0.103. The first-order chi connectivity index (χ1) is 21.4. The highest BCUT2D eigenvalue weighted by Gasteiger charge is 2.31. The normalized spacial score (nSPS) is 11.4. The van der Waals surface area contributed by atoms with Gasteiger partial charge in [0.1, 0.15) is 6.61 Å². The SMILES string of the molecule is N#Cc1c(-c2cc(/N=N/c3cccc(COc4nc(N)nc5c4ncn5CCBr)c3)ccc2N)[n+]([O-])c2ccccc2[n+]1[O-]. The average molecular weight is 652 g/mol. The summed E-state index contributed by atoms with van der Waals surface area (Å²) < 4.78 is 8.77. The molecule has 6 aromatic rings. The molecule has 0 atom stereocenters. The number of ether oxygens (including phenoxy) is 1. The highest BCUT2D eigenvalue weighted by Crippen LogP contribution is 2.31. The number of imidazole rings is 1. The minimum Gasteiger partial charge on any atom is -0.617 e. The Morgan fingerprint density at radius 1 is 0.955 bits per heavy atom. The number of aromatic nitrogens is 6. The second-order valence-electron chi connectivity index (χ2n) is 9.50. The Bertz CT molecular complexity index is 2120. The highest BCUT2D eigenvalue weighted by molar-refractivity contribution is 9.09. The van der Waals surface area contributed by atoms with Gasteiger partial charge in [0.2, 0.25) is 11.8 Å². The first-order valence-corrected chi connectivity index (χ1v) is 14.3. The summed E-state index contributed by atoms with van der Waals surface area (Å²) >= 11 is 3.41. The summed E-state index contributed by atoms with van der Waals surface area (Å²) in [7, 11) is 0. The summed E-state index contributed by atoms with van der Waals surface area (Å²) in [5.74, 6) is 0.343. The van der Waals surface area contributed by atoms with Crippen LogP contribution in [0.3, 0.4) is 0 Å². The molecule has 0 amide bonds. The number of azo groups is 1. The van der Waals surface area contributed by atoms with E-state index >= 15 is 0 Å². The van der Waals surface area contributed by atoms with Gasteiger partial charge < -0.3 is 31.2 Å². The number of benzene rings is 3. The number of hydrogen-bond donors (Lipinski definition) is 2. The van der Waals surface area contributed by atoms with E-state index in [0.717, 1.165) is 10.9 Å². The molecule has 6 rings (SSSR count). The smallest absolute Gasteiger partial charge is 0.369 e. The summed E-state index contributed by atoms with van der Waals surface area (Å²) in [6.07, 6.45) is 1.66. The van der Waals surface area contributed by atoms with Crippen molar-refractivity contribution in [1.29, 1.82) is 5.26 Å². The van der Waals surface area contributed by atoms with Crippen molar-refractivity contribution in [2.75, 3.05) is 16.8 Å². The second kappa shape index (κ2) is 11.8. The number of nitrogen functional groups attached to an aromatic ring is 2. The van der Waals surface area contributed by atoms with E-state index in [1.54, 1.807) is 42.7 Å². The van der Waals surface area contributed by atoms with Gasteiger partial charge >= 0.3 is 11.4 Å². The Morgan fingerprint density at radius 3 is 2.45 bits per heavy atom. The summed E-state index contributed by atoms with van der Waals surface area (Å²) in [4.78, 5) is 12.9. The lowest BCUT2D eigenvalue weighted by molar-refractivity contribution is -0.622. The van der Waals surface area contributed by atoms with Crippen molar-refractivity contribution >= 4 is 61.1 Å². The number of nitrogens with two attached hydrogens (primary N) is 2. The molecule has 0 radical (unpaired) electrons. The van der Waals surface area contributed by atoms with Crippen molar-refractivity contribution in [2.45, 2.75) is 13.2 Å². The maximum absolute atomic E-state index is 13.3. The van der Waals surface area contributed by atoms with Crippen LogP contribution in [0.15, 0.2) is 83.3 Å². The molecule has 218 valence electrons. The molecule has 4 N–H and O–H groups in total. The number of fused-ring (bicyclic) bond motifs is 2. The molecule has 3 heterocycles. The van der Waals surface area contributed by atoms with Crippen LogP contribution in [-0.4, -0.2) is 24.8 Å². The number of aryl methyl sites for hydroxylation is 1. The molecule has 0 bridgehead atoms. The predicted molar refractivity (Wildman–Crippen MR) is 165 cm³/mol. The lowest BCUT2D eigenvalue weighted by Crippen LogP contribution is -2.43. The number of alkyl halides is 1. The quantitative estimate of drug-likeness (QED) is 0.0787. The standard InChI is InChI=1S/C29H22BrN11O3/c30-10-11-39-16-34-25-27(39)35-29(33)36-28(25)44-15-17-4-3-5-18(12-17)37-38-19-8-9-21(32)20(13-19)26-24(14-31)40(42)22-6-1-2-7-23(22)41(26)43/h1-9,12-13,16H,10-11,15,32H2,(H2,33,35,36)/b38-37+. The monoisotopic (exact) mass is 651 g/mol. The van der Waals surface area contributed by atoms with Gasteiger partial charge in [-0.2, -0.15) is 30.2 Å². The first-order valence-electron chi connectivity index (χ1n) is 13.1. The Labute approximate surface area is 257 Å². The van der Waals surface area contributed by atoms with Crippen molar-refractivity contribution in [3.8, 4) is 23.2 Å². The Kier molecular flexibility index (Phi) is 7.56. The topological polar surface area (TPSA) is 207 Å². The van der Waals surface area contributed by atoms with Crippen LogP contribution < -0.4 is 25.7 Å². The molecular weight excluding hydrogens is 630 g/mol. The van der Waals surface area contributed by atoms with Crippen LogP contribution in [0.1, 0.15) is 11.3 Å². The van der Waals surface area contributed by atoms with E-state index < -0.39 is 0 Å². The van der Waals surface area contributed by atoms with Crippen molar-refractivity contribution < 1.29 is 14.2 Å². The van der Waals surface area contributed by atoms with Gasteiger partial charge in [-0.05, 0) is 35.9 Å². The van der Waals surface area contributed by atoms with Crippen LogP contribution in [-0.2, 0) is 13.2 Å². The van der Waals surface area contributed by atoms with Gasteiger partial charge in [-0.15, -0.1) is 4.73 Å². The van der Waals surface area contributed by atoms with Gasteiger partial charge in [-0.3, -0.25) is 0 Å². The molecule has 0 fully saturated rings. The number of nitriles is 1. The third-order valence-corrected chi connectivity index (χ3v) is 7.04. The van der Waals surface area contributed by atoms with E-state index in [9.17, 15) is 15.7 Å². The van der Waals surface area contributed by atoms with Crippen LogP contribution in [0, 0.1) is 21.7 Å². The maximum atomic E-state index is 13.3. The first kappa shape index (κ1) is 28.2. The molecule has 15 heteroatoms. The van der Waals surface area contributed by atoms with Crippen molar-refractivity contribution in [2.24, 2.45) is 10.2 Å². The van der Waals surface area contributed by atoms with Crippen LogP contribution in [0.4, 0.5) is 23.0 Å². The Hall–Kier alpha value is -5.88. The molecule has 44 heavy (non-hydrogen) atoms. The lowest BCUT2D eigenvalue weighted by atomic mass is 10.1. The van der Waals surface area contributed by atoms with Crippen LogP contribution in [0.2, 0.25) is 0 Å². The zero-order chi connectivity index (χ0) is 30.8. The van der Waals surface area contributed by atoms with Crippen molar-refractivity contribution in [3.63, 3.8) is 0 Å². The molecule has 14 nitrogen and oxygen atoms in total. The fourth-order valence-electron chi connectivity index (χ4n) is 4.65. The molecule has 0 aliphatic heterocycles. The van der Waals surface area contributed by atoms with Gasteiger partial charge in [0.15, 0.2) is 17.2 Å². The van der Waals surface area contributed by atoms with Gasteiger partial charge in [-0.25, -0.2) is 4.98 Å². The van der Waals surface area contributed by atoms with E-state index in [1.807, 2.05) is 16.7 Å². The second-order valence-corrected chi connectivity index (χ2v) is 10.3. The zero-order valence-corrected chi connectivity index (χ0v) is 24.4. The van der Waals surface area contributed by atoms with Crippen molar-refractivity contribution in [3.05, 3.63) is 94.7 Å². The molecule has 0 saturated heterocycles. The van der Waals surface area contributed by atoms with Gasteiger partial charge in [0, 0.05) is 29.7 Å². The number of halogens is 1. The number of rotatable bonds is 8. The van der Waals surface area contributed by atoms with Crippen LogP contribution >= 0.6 is 15.9 Å². The third kappa shape index (κ3) is 5.25. The third-order valence-electron chi connectivity index (χ3n) is 6.69.